The van der Waals surface area contributed by atoms with Gasteiger partial charge in [-0.25, -0.2) is 0 Å². The third-order valence-corrected chi connectivity index (χ3v) is 2.88. The van der Waals surface area contributed by atoms with Crippen LogP contribution < -0.4 is 14.8 Å². The molecule has 0 fully saturated rings. The summed E-state index contributed by atoms with van der Waals surface area (Å²) in [5, 5.41) is 11.8. The number of hydrogen-bond donors (Lipinski definition) is 1. The summed E-state index contributed by atoms with van der Waals surface area (Å²) in [7, 11) is 1.60. The van der Waals surface area contributed by atoms with Gasteiger partial charge >= 0.3 is 0 Å². The van der Waals surface area contributed by atoms with E-state index in [1.807, 2.05) is 6.07 Å². The van der Waals surface area contributed by atoms with Crippen LogP contribution in [0.5, 0.6) is 11.5 Å². The van der Waals surface area contributed by atoms with E-state index < -0.39 is 5.91 Å². The summed E-state index contributed by atoms with van der Waals surface area (Å²) in [6.07, 6.45) is 2.22. The monoisotopic (exact) mass is 288 g/mol. The van der Waals surface area contributed by atoms with E-state index in [1.54, 1.807) is 25.3 Å². The lowest BCUT2D eigenvalue weighted by Gasteiger charge is -2.04. The summed E-state index contributed by atoms with van der Waals surface area (Å²) in [4.78, 5) is 11.9. The van der Waals surface area contributed by atoms with Crippen LogP contribution in [0.2, 0.25) is 0 Å². The van der Waals surface area contributed by atoms with Gasteiger partial charge in [0, 0.05) is 20.3 Å². The molecule has 0 saturated carbocycles. The fraction of sp³-hybridized carbons (Fsp3) is 0.333. The van der Waals surface area contributed by atoms with Crippen LogP contribution in [0.25, 0.3) is 6.08 Å². The minimum atomic E-state index is -0.397. The second-order valence-electron chi connectivity index (χ2n) is 4.38. The standard InChI is InChI=1S/C15H16N2O4/c1-19-6-2-5-17-15(18)12(9-16)7-11-3-4-13-14(8-11)21-10-20-13/h3-4,7-8H,2,5-6,10H2,1H3,(H,17,18)/b12-7+. The first kappa shape index (κ1) is 14.9. The van der Waals surface area contributed by atoms with Crippen LogP contribution in [0, 0.1) is 11.3 Å². The number of hydrogen-bond acceptors (Lipinski definition) is 5. The summed E-state index contributed by atoms with van der Waals surface area (Å²) in [6.45, 7) is 1.22. The Morgan fingerprint density at radius 3 is 3.05 bits per heavy atom. The number of fused-ring (bicyclic) bond motifs is 1. The SMILES string of the molecule is COCCCNC(=O)/C(C#N)=C/c1ccc2c(c1)OCO2. The summed E-state index contributed by atoms with van der Waals surface area (Å²) < 4.78 is 15.4. The topological polar surface area (TPSA) is 80.6 Å². The first-order valence-electron chi connectivity index (χ1n) is 6.53. The quantitative estimate of drug-likeness (QED) is 0.487. The van der Waals surface area contributed by atoms with Crippen molar-refractivity contribution < 1.29 is 19.0 Å². The number of nitrogens with zero attached hydrogens (tertiary/aromatic N) is 1. The number of carbonyl (C=O) groups is 1. The number of amides is 1. The molecule has 0 aromatic heterocycles. The van der Waals surface area contributed by atoms with E-state index in [4.69, 9.17) is 19.5 Å². The van der Waals surface area contributed by atoms with Crippen molar-refractivity contribution in [2.45, 2.75) is 6.42 Å². The van der Waals surface area contributed by atoms with Gasteiger partial charge in [-0.2, -0.15) is 5.26 Å². The van der Waals surface area contributed by atoms with Gasteiger partial charge in [0.05, 0.1) is 0 Å². The number of ether oxygens (including phenoxy) is 3. The van der Waals surface area contributed by atoms with Crippen LogP contribution >= 0.6 is 0 Å². The minimum Gasteiger partial charge on any atom is -0.454 e. The van der Waals surface area contributed by atoms with Crippen molar-refractivity contribution in [1.82, 2.24) is 5.32 Å². The molecule has 6 nitrogen and oxygen atoms in total. The normalized spacial score (nSPS) is 12.9. The average Bonchev–Trinajstić information content (AvgIpc) is 2.96. The van der Waals surface area contributed by atoms with Crippen LogP contribution in [0.15, 0.2) is 23.8 Å². The van der Waals surface area contributed by atoms with Crippen LogP contribution in [0.1, 0.15) is 12.0 Å². The highest BCUT2D eigenvalue weighted by molar-refractivity contribution is 6.01. The van der Waals surface area contributed by atoms with Crippen molar-refractivity contribution in [3.63, 3.8) is 0 Å². The maximum atomic E-state index is 11.9. The Kier molecular flexibility index (Phi) is 5.18. The molecule has 0 aliphatic carbocycles. The second-order valence-corrected chi connectivity index (χ2v) is 4.38. The highest BCUT2D eigenvalue weighted by atomic mass is 16.7. The van der Waals surface area contributed by atoms with Gasteiger partial charge in [-0.05, 0) is 30.2 Å². The molecule has 110 valence electrons. The van der Waals surface area contributed by atoms with Crippen LogP contribution in [-0.2, 0) is 9.53 Å². The number of benzene rings is 1. The fourth-order valence-corrected chi connectivity index (χ4v) is 1.83. The number of carbonyl (C=O) groups excluding carboxylic acids is 1. The van der Waals surface area contributed by atoms with E-state index in [2.05, 4.69) is 5.32 Å². The lowest BCUT2D eigenvalue weighted by Crippen LogP contribution is -2.26. The Labute approximate surface area is 122 Å². The van der Waals surface area contributed by atoms with Crippen molar-refractivity contribution in [3.05, 3.63) is 29.3 Å². The molecular formula is C15H16N2O4. The zero-order chi connectivity index (χ0) is 15.1. The zero-order valence-electron chi connectivity index (χ0n) is 11.7. The van der Waals surface area contributed by atoms with Crippen LogP contribution in [-0.4, -0.2) is 33.0 Å². The van der Waals surface area contributed by atoms with Gasteiger partial charge in [0.15, 0.2) is 11.5 Å². The van der Waals surface area contributed by atoms with E-state index in [9.17, 15) is 4.79 Å². The molecule has 0 saturated heterocycles. The Morgan fingerprint density at radius 1 is 1.48 bits per heavy atom. The fourth-order valence-electron chi connectivity index (χ4n) is 1.83. The molecule has 0 unspecified atom stereocenters. The molecule has 1 aromatic carbocycles. The number of nitriles is 1. The van der Waals surface area contributed by atoms with Crippen LogP contribution in [0.3, 0.4) is 0 Å². The molecule has 1 aromatic rings. The Bertz CT molecular complexity index is 590. The lowest BCUT2D eigenvalue weighted by molar-refractivity contribution is -0.117. The predicted octanol–water partition coefficient (Wildman–Crippen LogP) is 1.47. The van der Waals surface area contributed by atoms with Crippen molar-refractivity contribution in [2.24, 2.45) is 0 Å². The van der Waals surface area contributed by atoms with Gasteiger partial charge in [-0.15, -0.1) is 0 Å². The molecular weight excluding hydrogens is 272 g/mol. The first-order chi connectivity index (χ1) is 10.2. The summed E-state index contributed by atoms with van der Waals surface area (Å²) in [5.74, 6) is 0.877. The number of rotatable bonds is 6. The molecule has 0 radical (unpaired) electrons. The lowest BCUT2D eigenvalue weighted by atomic mass is 10.1. The van der Waals surface area contributed by atoms with E-state index in [-0.39, 0.29) is 12.4 Å². The summed E-state index contributed by atoms with van der Waals surface area (Å²) in [6, 6.07) is 7.16. The first-order valence-corrected chi connectivity index (χ1v) is 6.53. The Balaban J connectivity index is 2.03. The van der Waals surface area contributed by atoms with E-state index in [0.717, 1.165) is 0 Å². The van der Waals surface area contributed by atoms with E-state index in [0.29, 0.717) is 36.6 Å². The molecule has 1 amide bonds. The van der Waals surface area contributed by atoms with Gasteiger partial charge in [0.25, 0.3) is 5.91 Å². The predicted molar refractivity (Wildman–Crippen MR) is 75.7 cm³/mol. The van der Waals surface area contributed by atoms with Crippen LogP contribution in [0.4, 0.5) is 0 Å². The number of methoxy groups -OCH3 is 1. The molecule has 0 bridgehead atoms. The molecule has 1 aliphatic heterocycles. The van der Waals surface area contributed by atoms with Crippen molar-refractivity contribution >= 4 is 12.0 Å². The van der Waals surface area contributed by atoms with Gasteiger partial charge in [-0.3, -0.25) is 4.79 Å². The second kappa shape index (κ2) is 7.31. The minimum absolute atomic E-state index is 0.0475. The maximum absolute atomic E-state index is 11.9. The van der Waals surface area contributed by atoms with Gasteiger partial charge in [0.1, 0.15) is 11.6 Å². The molecule has 1 N–H and O–H groups in total. The average molecular weight is 288 g/mol. The molecule has 0 spiro atoms. The Hall–Kier alpha value is -2.52. The molecule has 1 heterocycles. The summed E-state index contributed by atoms with van der Waals surface area (Å²) in [5.41, 5.74) is 0.758. The van der Waals surface area contributed by atoms with Gasteiger partial charge < -0.3 is 19.5 Å². The maximum Gasteiger partial charge on any atom is 0.261 e. The highest BCUT2D eigenvalue weighted by Gasteiger charge is 2.14. The summed E-state index contributed by atoms with van der Waals surface area (Å²) >= 11 is 0. The molecule has 1 aliphatic rings. The smallest absolute Gasteiger partial charge is 0.261 e. The van der Waals surface area contributed by atoms with E-state index >= 15 is 0 Å². The van der Waals surface area contributed by atoms with Crippen molar-refractivity contribution in [2.75, 3.05) is 27.1 Å². The molecule has 21 heavy (non-hydrogen) atoms. The third-order valence-electron chi connectivity index (χ3n) is 2.88. The van der Waals surface area contributed by atoms with E-state index in [1.165, 1.54) is 6.08 Å². The number of nitrogens with one attached hydrogen (secondary N) is 1. The van der Waals surface area contributed by atoms with Gasteiger partial charge in [-0.1, -0.05) is 6.07 Å². The van der Waals surface area contributed by atoms with Crippen molar-refractivity contribution in [3.8, 4) is 17.6 Å². The molecule has 6 heteroatoms. The largest absolute Gasteiger partial charge is 0.454 e. The van der Waals surface area contributed by atoms with Gasteiger partial charge in [0.2, 0.25) is 6.79 Å². The van der Waals surface area contributed by atoms with Crippen molar-refractivity contribution in [1.29, 1.82) is 5.26 Å². The zero-order valence-corrected chi connectivity index (χ0v) is 11.7. The Morgan fingerprint density at radius 2 is 2.29 bits per heavy atom. The molecule has 2 rings (SSSR count). The molecule has 0 atom stereocenters. The third kappa shape index (κ3) is 3.97. The highest BCUT2D eigenvalue weighted by Crippen LogP contribution is 2.33.